The number of amidine groups is 1. The highest BCUT2D eigenvalue weighted by Gasteiger charge is 2.37. The number of nitrogen functional groups attached to an aromatic ring is 1. The zero-order valence-corrected chi connectivity index (χ0v) is 22.6. The van der Waals surface area contributed by atoms with Crippen LogP contribution in [0.15, 0.2) is 108 Å². The van der Waals surface area contributed by atoms with Crippen LogP contribution in [0.3, 0.4) is 0 Å². The first-order chi connectivity index (χ1) is 19.2. The van der Waals surface area contributed by atoms with Crippen molar-refractivity contribution in [3.05, 3.63) is 114 Å². The van der Waals surface area contributed by atoms with Crippen LogP contribution in [0.4, 0.5) is 11.4 Å². The Balaban J connectivity index is 1.43. The summed E-state index contributed by atoms with van der Waals surface area (Å²) in [5.41, 5.74) is 10.0. The van der Waals surface area contributed by atoms with Crippen LogP contribution in [-0.2, 0) is 14.8 Å². The van der Waals surface area contributed by atoms with E-state index < -0.39 is 15.9 Å². The van der Waals surface area contributed by atoms with E-state index in [9.17, 15) is 13.2 Å². The number of hydrogen-bond acceptors (Lipinski definition) is 5. The first-order valence-electron chi connectivity index (χ1n) is 13.0. The van der Waals surface area contributed by atoms with Crippen LogP contribution in [0.25, 0.3) is 11.1 Å². The standard InChI is InChI=1S/C31H31N5O3S/c32-30(33)23-10-6-11-25(20-23)36-19-7-13-27(36)29(22-8-2-1-3-9-22)31(37)35-24-17-15-21(16-18-24)26-12-4-5-14-28(26)40(34,38)39/h1-6,8-12,14-18,20,27,29H,7,13,19H2,(H3,32,33)(H,35,37)(H2,34,38,39). The molecule has 0 radical (unpaired) electrons. The van der Waals surface area contributed by atoms with Gasteiger partial charge in [0, 0.05) is 35.1 Å². The van der Waals surface area contributed by atoms with Gasteiger partial charge in [-0.15, -0.1) is 0 Å². The Morgan fingerprint density at radius 2 is 1.62 bits per heavy atom. The van der Waals surface area contributed by atoms with Crippen LogP contribution < -0.4 is 21.1 Å². The van der Waals surface area contributed by atoms with Crippen molar-refractivity contribution in [1.82, 2.24) is 0 Å². The predicted molar refractivity (Wildman–Crippen MR) is 159 cm³/mol. The third kappa shape index (κ3) is 5.75. The average molecular weight is 554 g/mol. The molecule has 1 aliphatic rings. The monoisotopic (exact) mass is 553 g/mol. The van der Waals surface area contributed by atoms with Gasteiger partial charge in [-0.05, 0) is 54.3 Å². The minimum absolute atomic E-state index is 0.00471. The molecule has 0 spiro atoms. The van der Waals surface area contributed by atoms with Crippen molar-refractivity contribution in [2.75, 3.05) is 16.8 Å². The van der Waals surface area contributed by atoms with Crippen molar-refractivity contribution in [2.24, 2.45) is 10.9 Å². The lowest BCUT2D eigenvalue weighted by molar-refractivity contribution is -0.118. The molecule has 2 unspecified atom stereocenters. The number of nitrogens with zero attached hydrogens (tertiary/aromatic N) is 1. The highest BCUT2D eigenvalue weighted by Crippen LogP contribution is 2.36. The van der Waals surface area contributed by atoms with Gasteiger partial charge in [0.05, 0.1) is 10.8 Å². The molecule has 1 aliphatic heterocycles. The van der Waals surface area contributed by atoms with E-state index in [1.54, 1.807) is 42.5 Å². The van der Waals surface area contributed by atoms with Crippen molar-refractivity contribution in [2.45, 2.75) is 29.7 Å². The van der Waals surface area contributed by atoms with Gasteiger partial charge in [-0.3, -0.25) is 10.2 Å². The number of nitrogens with two attached hydrogens (primary N) is 2. The molecule has 40 heavy (non-hydrogen) atoms. The van der Waals surface area contributed by atoms with E-state index in [4.69, 9.17) is 16.3 Å². The summed E-state index contributed by atoms with van der Waals surface area (Å²) in [7, 11) is -3.89. The molecular formula is C31H31N5O3S. The Bertz CT molecular complexity index is 1640. The number of hydrogen-bond donors (Lipinski definition) is 4. The van der Waals surface area contributed by atoms with Gasteiger partial charge in [-0.1, -0.05) is 72.8 Å². The summed E-state index contributed by atoms with van der Waals surface area (Å²) >= 11 is 0. The van der Waals surface area contributed by atoms with E-state index in [0.29, 0.717) is 22.4 Å². The lowest BCUT2D eigenvalue weighted by Crippen LogP contribution is -2.40. The maximum Gasteiger partial charge on any atom is 0.238 e. The summed E-state index contributed by atoms with van der Waals surface area (Å²) in [4.78, 5) is 16.2. The van der Waals surface area contributed by atoms with Crippen molar-refractivity contribution in [3.8, 4) is 11.1 Å². The zero-order valence-electron chi connectivity index (χ0n) is 21.8. The van der Waals surface area contributed by atoms with Gasteiger partial charge in [0.15, 0.2) is 0 Å². The Hall–Kier alpha value is -4.47. The molecule has 1 heterocycles. The first kappa shape index (κ1) is 27.1. The second kappa shape index (κ2) is 11.3. The Kier molecular flexibility index (Phi) is 7.68. The Labute approximate surface area is 234 Å². The van der Waals surface area contributed by atoms with E-state index in [0.717, 1.165) is 30.6 Å². The minimum Gasteiger partial charge on any atom is -0.384 e. The number of benzene rings is 4. The number of carbonyl (C=O) groups excluding carboxylic acids is 1. The highest BCUT2D eigenvalue weighted by molar-refractivity contribution is 7.89. The molecule has 0 aliphatic carbocycles. The summed E-state index contributed by atoms with van der Waals surface area (Å²) in [6, 6.07) is 30.9. The maximum absolute atomic E-state index is 13.9. The third-order valence-electron chi connectivity index (χ3n) is 7.27. The van der Waals surface area contributed by atoms with Gasteiger partial charge in [0.1, 0.15) is 5.84 Å². The fourth-order valence-electron chi connectivity index (χ4n) is 5.43. The van der Waals surface area contributed by atoms with Gasteiger partial charge in [0.25, 0.3) is 0 Å². The lowest BCUT2D eigenvalue weighted by atomic mass is 9.88. The van der Waals surface area contributed by atoms with Crippen LogP contribution in [-0.4, -0.2) is 32.7 Å². The number of carbonyl (C=O) groups is 1. The number of sulfonamides is 1. The first-order valence-corrected chi connectivity index (χ1v) is 14.6. The molecule has 9 heteroatoms. The lowest BCUT2D eigenvalue weighted by Gasteiger charge is -2.33. The molecule has 204 valence electrons. The number of nitrogens with one attached hydrogen (secondary N) is 2. The van der Waals surface area contributed by atoms with Crippen molar-refractivity contribution >= 4 is 33.1 Å². The molecule has 1 saturated heterocycles. The van der Waals surface area contributed by atoms with Crippen molar-refractivity contribution in [3.63, 3.8) is 0 Å². The molecule has 4 aromatic carbocycles. The quantitative estimate of drug-likeness (QED) is 0.185. The van der Waals surface area contributed by atoms with Gasteiger partial charge < -0.3 is 16.0 Å². The van der Waals surface area contributed by atoms with Crippen LogP contribution in [0.1, 0.15) is 29.9 Å². The van der Waals surface area contributed by atoms with Gasteiger partial charge in [-0.25, -0.2) is 13.6 Å². The molecule has 1 amide bonds. The van der Waals surface area contributed by atoms with E-state index in [1.165, 1.54) is 6.07 Å². The Morgan fingerprint density at radius 1 is 0.925 bits per heavy atom. The molecule has 4 aromatic rings. The molecule has 0 aromatic heterocycles. The third-order valence-corrected chi connectivity index (χ3v) is 8.24. The molecular weight excluding hydrogens is 522 g/mol. The molecule has 5 rings (SSSR count). The molecule has 0 saturated carbocycles. The SMILES string of the molecule is N=C(N)c1cccc(N2CCCC2C(C(=O)Nc2ccc(-c3ccccc3S(N)(=O)=O)cc2)c2ccccc2)c1. The summed E-state index contributed by atoms with van der Waals surface area (Å²) in [6.45, 7) is 0.792. The van der Waals surface area contributed by atoms with Crippen LogP contribution in [0.5, 0.6) is 0 Å². The Morgan fingerprint density at radius 3 is 2.33 bits per heavy atom. The predicted octanol–water partition coefficient (Wildman–Crippen LogP) is 4.68. The summed E-state index contributed by atoms with van der Waals surface area (Å²) in [6.07, 6.45) is 1.77. The van der Waals surface area contributed by atoms with E-state index in [-0.39, 0.29) is 22.7 Å². The summed E-state index contributed by atoms with van der Waals surface area (Å²) in [5.74, 6) is -0.582. The molecule has 6 N–H and O–H groups in total. The minimum atomic E-state index is -3.89. The molecule has 0 bridgehead atoms. The largest absolute Gasteiger partial charge is 0.384 e. The normalized spacial score (nSPS) is 15.9. The zero-order chi connectivity index (χ0) is 28.3. The van der Waals surface area contributed by atoms with Crippen molar-refractivity contribution < 1.29 is 13.2 Å². The summed E-state index contributed by atoms with van der Waals surface area (Å²) < 4.78 is 24.1. The smallest absolute Gasteiger partial charge is 0.238 e. The highest BCUT2D eigenvalue weighted by atomic mass is 32.2. The van der Waals surface area contributed by atoms with Gasteiger partial charge in [0.2, 0.25) is 15.9 Å². The van der Waals surface area contributed by atoms with Gasteiger partial charge >= 0.3 is 0 Å². The fraction of sp³-hybridized carbons (Fsp3) is 0.161. The van der Waals surface area contributed by atoms with E-state index >= 15 is 0 Å². The van der Waals surface area contributed by atoms with E-state index in [1.807, 2.05) is 54.6 Å². The summed E-state index contributed by atoms with van der Waals surface area (Å²) in [5, 5.41) is 16.3. The van der Waals surface area contributed by atoms with Crippen LogP contribution in [0, 0.1) is 5.41 Å². The maximum atomic E-state index is 13.9. The molecule has 2 atom stereocenters. The van der Waals surface area contributed by atoms with Gasteiger partial charge in [-0.2, -0.15) is 0 Å². The number of primary sulfonamides is 1. The number of anilines is 2. The fourth-order valence-corrected chi connectivity index (χ4v) is 6.19. The molecule has 8 nitrogen and oxygen atoms in total. The van der Waals surface area contributed by atoms with Crippen LogP contribution >= 0.6 is 0 Å². The second-order valence-corrected chi connectivity index (χ2v) is 11.4. The number of rotatable bonds is 8. The van der Waals surface area contributed by atoms with E-state index in [2.05, 4.69) is 10.2 Å². The average Bonchev–Trinajstić information content (AvgIpc) is 3.43. The topological polar surface area (TPSA) is 142 Å². The van der Waals surface area contributed by atoms with Crippen LogP contribution in [0.2, 0.25) is 0 Å². The number of amides is 1. The van der Waals surface area contributed by atoms with Crippen molar-refractivity contribution in [1.29, 1.82) is 5.41 Å². The molecule has 1 fully saturated rings. The second-order valence-electron chi connectivity index (χ2n) is 9.86.